The third kappa shape index (κ3) is 2.27. The van der Waals surface area contributed by atoms with E-state index in [9.17, 15) is 4.79 Å². The summed E-state index contributed by atoms with van der Waals surface area (Å²) < 4.78 is 0. The Kier molecular flexibility index (Phi) is 3.55. The molecular weight excluding hydrogens is 240 g/mol. The van der Waals surface area contributed by atoms with Crippen molar-refractivity contribution < 1.29 is 4.79 Å². The second kappa shape index (κ2) is 5.33. The van der Waals surface area contributed by atoms with Crippen molar-refractivity contribution in [1.29, 1.82) is 0 Å². The Hall–Kier alpha value is -1.36. The zero-order valence-corrected chi connectivity index (χ0v) is 11.5. The van der Waals surface area contributed by atoms with Crippen molar-refractivity contribution in [2.24, 2.45) is 0 Å². The lowest BCUT2D eigenvalue weighted by atomic mass is 9.98. The molecule has 2 N–H and O–H groups in total. The summed E-state index contributed by atoms with van der Waals surface area (Å²) >= 11 is 0. The average Bonchev–Trinajstić information content (AvgIpc) is 2.90. The van der Waals surface area contributed by atoms with Gasteiger partial charge in [0.05, 0.1) is 0 Å². The minimum Gasteiger partial charge on any atom is -0.334 e. The monoisotopic (exact) mass is 262 g/mol. The first-order valence-corrected chi connectivity index (χ1v) is 7.39. The highest BCUT2D eigenvalue weighted by atomic mass is 16.2. The van der Waals surface area contributed by atoms with Crippen LogP contribution in [0.25, 0.3) is 0 Å². The Balaban J connectivity index is 1.84. The number of rotatable bonds is 2. The number of hydrogen-bond acceptors (Lipinski definition) is 3. The van der Waals surface area contributed by atoms with Gasteiger partial charge >= 0.3 is 0 Å². The lowest BCUT2D eigenvalue weighted by Gasteiger charge is -2.35. The maximum atomic E-state index is 12.7. The van der Waals surface area contributed by atoms with Gasteiger partial charge in [-0.1, -0.05) is 6.92 Å². The molecule has 5 heteroatoms. The second-order valence-electron chi connectivity index (χ2n) is 5.51. The molecule has 104 valence electrons. The third-order valence-corrected chi connectivity index (χ3v) is 4.37. The molecule has 2 aliphatic rings. The smallest absolute Gasteiger partial charge is 0.274 e. The summed E-state index contributed by atoms with van der Waals surface area (Å²) in [5, 5.41) is 10.6. The summed E-state index contributed by atoms with van der Waals surface area (Å²) in [5.41, 5.74) is 2.85. The number of aromatic amines is 1. The lowest BCUT2D eigenvalue weighted by Crippen LogP contribution is -2.44. The Morgan fingerprint density at radius 1 is 1.47 bits per heavy atom. The van der Waals surface area contributed by atoms with Crippen molar-refractivity contribution >= 4 is 5.91 Å². The number of fused-ring (bicyclic) bond motifs is 1. The Morgan fingerprint density at radius 2 is 2.37 bits per heavy atom. The number of H-pyrrole nitrogens is 1. The number of nitrogens with one attached hydrogen (secondary N) is 2. The maximum absolute atomic E-state index is 12.7. The van der Waals surface area contributed by atoms with Gasteiger partial charge in [-0.2, -0.15) is 5.10 Å². The predicted molar refractivity (Wildman–Crippen MR) is 73.0 cm³/mol. The summed E-state index contributed by atoms with van der Waals surface area (Å²) in [7, 11) is 0. The number of piperidine rings is 1. The first kappa shape index (κ1) is 12.7. The fourth-order valence-electron chi connectivity index (χ4n) is 3.23. The van der Waals surface area contributed by atoms with Gasteiger partial charge in [-0.15, -0.1) is 0 Å². The minimum absolute atomic E-state index is 0.118. The highest BCUT2D eigenvalue weighted by Gasteiger charge is 2.30. The summed E-state index contributed by atoms with van der Waals surface area (Å²) in [5.74, 6) is 0.118. The van der Waals surface area contributed by atoms with E-state index in [0.29, 0.717) is 11.7 Å². The normalized spacial score (nSPS) is 23.2. The summed E-state index contributed by atoms with van der Waals surface area (Å²) in [6, 6.07) is 0.394. The zero-order valence-electron chi connectivity index (χ0n) is 11.5. The van der Waals surface area contributed by atoms with Crippen molar-refractivity contribution in [2.75, 3.05) is 13.1 Å². The van der Waals surface area contributed by atoms with E-state index in [1.165, 1.54) is 6.42 Å². The molecule has 3 heterocycles. The highest BCUT2D eigenvalue weighted by molar-refractivity contribution is 5.94. The minimum atomic E-state index is 0.118. The molecule has 0 bridgehead atoms. The van der Waals surface area contributed by atoms with Crippen molar-refractivity contribution in [3.8, 4) is 0 Å². The molecule has 1 aromatic heterocycles. The van der Waals surface area contributed by atoms with E-state index < -0.39 is 0 Å². The molecule has 1 aromatic rings. The molecule has 1 fully saturated rings. The van der Waals surface area contributed by atoms with Crippen LogP contribution in [0.4, 0.5) is 0 Å². The molecule has 5 nitrogen and oxygen atoms in total. The Morgan fingerprint density at radius 3 is 3.21 bits per heavy atom. The number of nitrogens with zero attached hydrogens (tertiary/aromatic N) is 2. The maximum Gasteiger partial charge on any atom is 0.274 e. The van der Waals surface area contributed by atoms with Crippen LogP contribution in [0.5, 0.6) is 0 Å². The fraction of sp³-hybridized carbons (Fsp3) is 0.714. The molecular formula is C14H22N4O. The largest absolute Gasteiger partial charge is 0.334 e. The number of hydrogen-bond donors (Lipinski definition) is 2. The van der Waals surface area contributed by atoms with E-state index >= 15 is 0 Å². The molecule has 19 heavy (non-hydrogen) atoms. The third-order valence-electron chi connectivity index (χ3n) is 4.37. The van der Waals surface area contributed by atoms with Gasteiger partial charge in [-0.25, -0.2) is 0 Å². The summed E-state index contributed by atoms with van der Waals surface area (Å²) in [6.45, 7) is 4.77. The molecule has 1 atom stereocenters. The molecule has 0 spiro atoms. The van der Waals surface area contributed by atoms with Crippen LogP contribution in [-0.2, 0) is 13.0 Å². The summed E-state index contributed by atoms with van der Waals surface area (Å²) in [4.78, 5) is 14.8. The Bertz CT molecular complexity index is 468. The predicted octanol–water partition coefficient (Wildman–Crippen LogP) is 1.46. The van der Waals surface area contributed by atoms with Crippen LogP contribution >= 0.6 is 0 Å². The van der Waals surface area contributed by atoms with Gasteiger partial charge in [0.15, 0.2) is 5.69 Å². The zero-order chi connectivity index (χ0) is 13.2. The van der Waals surface area contributed by atoms with Gasteiger partial charge in [0, 0.05) is 43.4 Å². The first-order chi connectivity index (χ1) is 9.31. The standard InChI is InChI=1S/C14H22N4O/c1-2-10-5-3-4-8-18(10)14(19)13-11-9-15-7-6-12(11)16-17-13/h10,15H,2-9H2,1H3,(H,16,17). The highest BCUT2D eigenvalue weighted by Crippen LogP contribution is 2.24. The van der Waals surface area contributed by atoms with Crippen molar-refractivity contribution in [3.63, 3.8) is 0 Å². The molecule has 1 saturated heterocycles. The van der Waals surface area contributed by atoms with Crippen LogP contribution < -0.4 is 5.32 Å². The average molecular weight is 262 g/mol. The van der Waals surface area contributed by atoms with E-state index in [0.717, 1.165) is 56.6 Å². The van der Waals surface area contributed by atoms with Crippen LogP contribution in [0, 0.1) is 0 Å². The van der Waals surface area contributed by atoms with Crippen LogP contribution in [-0.4, -0.2) is 40.1 Å². The topological polar surface area (TPSA) is 61.0 Å². The van der Waals surface area contributed by atoms with Gasteiger partial charge < -0.3 is 10.2 Å². The Labute approximate surface area is 113 Å². The lowest BCUT2D eigenvalue weighted by molar-refractivity contribution is 0.0600. The second-order valence-corrected chi connectivity index (χ2v) is 5.51. The number of carbonyl (C=O) groups excluding carboxylic acids is 1. The van der Waals surface area contributed by atoms with Crippen LogP contribution in [0.3, 0.4) is 0 Å². The number of aromatic nitrogens is 2. The van der Waals surface area contributed by atoms with Crippen LogP contribution in [0.15, 0.2) is 0 Å². The van der Waals surface area contributed by atoms with E-state index in [1.54, 1.807) is 0 Å². The van der Waals surface area contributed by atoms with Gasteiger partial charge in [-0.3, -0.25) is 9.89 Å². The molecule has 0 aliphatic carbocycles. The fourth-order valence-corrected chi connectivity index (χ4v) is 3.23. The van der Waals surface area contributed by atoms with Gasteiger partial charge in [0.25, 0.3) is 5.91 Å². The number of likely N-dealkylation sites (tertiary alicyclic amines) is 1. The summed E-state index contributed by atoms with van der Waals surface area (Å²) in [6.07, 6.45) is 5.46. The van der Waals surface area contributed by atoms with E-state index in [1.807, 2.05) is 4.90 Å². The number of carbonyl (C=O) groups is 1. The SMILES string of the molecule is CCC1CCCCN1C(=O)c1n[nH]c2c1CNCC2. The molecule has 0 aromatic carbocycles. The number of amides is 1. The quantitative estimate of drug-likeness (QED) is 0.848. The molecule has 1 unspecified atom stereocenters. The first-order valence-electron chi connectivity index (χ1n) is 7.39. The van der Waals surface area contributed by atoms with Gasteiger partial charge in [0.2, 0.25) is 0 Å². The van der Waals surface area contributed by atoms with E-state index in [2.05, 4.69) is 22.4 Å². The molecule has 0 saturated carbocycles. The van der Waals surface area contributed by atoms with Gasteiger partial charge in [-0.05, 0) is 25.7 Å². The van der Waals surface area contributed by atoms with Crippen molar-refractivity contribution in [3.05, 3.63) is 17.0 Å². The van der Waals surface area contributed by atoms with E-state index in [-0.39, 0.29) is 5.91 Å². The van der Waals surface area contributed by atoms with Crippen LogP contribution in [0.2, 0.25) is 0 Å². The van der Waals surface area contributed by atoms with Crippen molar-refractivity contribution in [1.82, 2.24) is 20.4 Å². The van der Waals surface area contributed by atoms with Gasteiger partial charge in [0.1, 0.15) is 0 Å². The molecule has 2 aliphatic heterocycles. The van der Waals surface area contributed by atoms with Crippen LogP contribution in [0.1, 0.15) is 54.4 Å². The van der Waals surface area contributed by atoms with E-state index in [4.69, 9.17) is 0 Å². The molecule has 3 rings (SSSR count). The molecule has 0 radical (unpaired) electrons. The van der Waals surface area contributed by atoms with Crippen molar-refractivity contribution in [2.45, 2.75) is 51.6 Å². The molecule has 1 amide bonds.